The second kappa shape index (κ2) is 8.74. The van der Waals surface area contributed by atoms with Crippen LogP contribution in [0.2, 0.25) is 0 Å². The van der Waals surface area contributed by atoms with Crippen molar-refractivity contribution in [1.82, 2.24) is 15.1 Å². The first-order valence-electron chi connectivity index (χ1n) is 9.28. The van der Waals surface area contributed by atoms with E-state index in [0.29, 0.717) is 6.54 Å². The van der Waals surface area contributed by atoms with E-state index in [1.54, 1.807) is 14.2 Å². The fourth-order valence-electron chi connectivity index (χ4n) is 3.51. The Labute approximate surface area is 155 Å². The molecule has 0 atom stereocenters. The van der Waals surface area contributed by atoms with Gasteiger partial charge in [-0.25, -0.2) is 0 Å². The number of hydrogen-bond donors (Lipinski definition) is 1. The van der Waals surface area contributed by atoms with Gasteiger partial charge in [0.15, 0.2) is 5.96 Å². The van der Waals surface area contributed by atoms with Crippen molar-refractivity contribution in [2.45, 2.75) is 19.3 Å². The molecule has 6 nitrogen and oxygen atoms in total. The number of carbonyl (C=O) groups excluding carboxylic acids is 1. The van der Waals surface area contributed by atoms with E-state index >= 15 is 0 Å². The Kier molecular flexibility index (Phi) is 6.15. The largest absolute Gasteiger partial charge is 0.497 e. The van der Waals surface area contributed by atoms with Crippen LogP contribution in [0.25, 0.3) is 5.57 Å². The van der Waals surface area contributed by atoms with Crippen LogP contribution < -0.4 is 10.1 Å². The number of benzene rings is 1. The Hall–Kier alpha value is -2.50. The molecule has 0 aliphatic carbocycles. The summed E-state index contributed by atoms with van der Waals surface area (Å²) in [5.74, 6) is 1.83. The molecule has 2 aliphatic rings. The maximum Gasteiger partial charge on any atom is 0.241 e. The number of carbonyl (C=O) groups is 1. The lowest BCUT2D eigenvalue weighted by molar-refractivity contribution is -0.128. The number of ether oxygens (including phenoxy) is 1. The third-order valence-corrected chi connectivity index (χ3v) is 5.02. The number of likely N-dealkylation sites (tertiary alicyclic amines) is 1. The average Bonchev–Trinajstić information content (AvgIpc) is 3.24. The Bertz CT molecular complexity index is 693. The second-order valence-electron chi connectivity index (χ2n) is 6.65. The van der Waals surface area contributed by atoms with Gasteiger partial charge < -0.3 is 19.9 Å². The molecule has 1 fully saturated rings. The molecule has 6 heteroatoms. The molecule has 1 aromatic rings. The molecular weight excluding hydrogens is 328 g/mol. The molecular formula is C20H28N4O2. The molecule has 0 radical (unpaired) electrons. The van der Waals surface area contributed by atoms with Gasteiger partial charge in [0.05, 0.1) is 13.7 Å². The zero-order chi connectivity index (χ0) is 18.4. The Morgan fingerprint density at radius 1 is 1.23 bits per heavy atom. The van der Waals surface area contributed by atoms with E-state index in [1.807, 2.05) is 17.0 Å². The van der Waals surface area contributed by atoms with E-state index in [0.717, 1.165) is 57.2 Å². The minimum Gasteiger partial charge on any atom is -0.497 e. The first kappa shape index (κ1) is 18.3. The van der Waals surface area contributed by atoms with Crippen LogP contribution in [0.4, 0.5) is 0 Å². The number of nitrogens with one attached hydrogen (secondary N) is 1. The highest BCUT2D eigenvalue weighted by Crippen LogP contribution is 2.25. The highest BCUT2D eigenvalue weighted by molar-refractivity contribution is 5.87. The molecule has 0 aromatic heterocycles. The molecule has 1 saturated heterocycles. The summed E-state index contributed by atoms with van der Waals surface area (Å²) in [5.41, 5.74) is 2.53. The standard InChI is InChI=1S/C20H28N4O2/c1-21-20(22-15-19(25)23-10-3-4-11-23)24-12-8-16(9-13-24)17-6-5-7-18(14-17)26-2/h5-8,14H,3-4,9-13,15H2,1-2H3,(H,21,22). The molecule has 3 rings (SSSR count). The minimum atomic E-state index is 0.160. The number of aliphatic imine (C=N–C) groups is 1. The van der Waals surface area contributed by atoms with Crippen molar-refractivity contribution < 1.29 is 9.53 Å². The van der Waals surface area contributed by atoms with Crippen molar-refractivity contribution in [3.8, 4) is 5.75 Å². The second-order valence-corrected chi connectivity index (χ2v) is 6.65. The summed E-state index contributed by atoms with van der Waals surface area (Å²) in [6.07, 6.45) is 5.40. The van der Waals surface area contributed by atoms with Gasteiger partial charge in [-0.1, -0.05) is 18.2 Å². The van der Waals surface area contributed by atoms with Gasteiger partial charge in [-0.2, -0.15) is 0 Å². The van der Waals surface area contributed by atoms with E-state index < -0.39 is 0 Å². The maximum absolute atomic E-state index is 12.2. The SMILES string of the molecule is CN=C(NCC(=O)N1CCCC1)N1CC=C(c2cccc(OC)c2)CC1. The lowest BCUT2D eigenvalue weighted by Crippen LogP contribution is -2.47. The molecule has 26 heavy (non-hydrogen) atoms. The Morgan fingerprint density at radius 3 is 2.69 bits per heavy atom. The molecule has 1 amide bonds. The first-order valence-corrected chi connectivity index (χ1v) is 9.28. The van der Waals surface area contributed by atoms with Gasteiger partial charge in [0.2, 0.25) is 5.91 Å². The Balaban J connectivity index is 1.56. The van der Waals surface area contributed by atoms with Crippen LogP contribution in [0, 0.1) is 0 Å². The molecule has 0 saturated carbocycles. The highest BCUT2D eigenvalue weighted by Gasteiger charge is 2.20. The van der Waals surface area contributed by atoms with Gasteiger partial charge in [0.25, 0.3) is 0 Å². The topological polar surface area (TPSA) is 57.2 Å². The van der Waals surface area contributed by atoms with Crippen molar-refractivity contribution in [3.63, 3.8) is 0 Å². The van der Waals surface area contributed by atoms with E-state index in [2.05, 4.69) is 33.4 Å². The summed E-state index contributed by atoms with van der Waals surface area (Å²) in [6.45, 7) is 3.74. The number of nitrogens with zero attached hydrogens (tertiary/aromatic N) is 3. The van der Waals surface area contributed by atoms with E-state index in [-0.39, 0.29) is 5.91 Å². The lowest BCUT2D eigenvalue weighted by Gasteiger charge is -2.30. The van der Waals surface area contributed by atoms with Crippen molar-refractivity contribution in [2.75, 3.05) is 46.9 Å². The number of rotatable bonds is 4. The maximum atomic E-state index is 12.2. The highest BCUT2D eigenvalue weighted by atomic mass is 16.5. The molecule has 2 heterocycles. The zero-order valence-electron chi connectivity index (χ0n) is 15.7. The van der Waals surface area contributed by atoms with Crippen LogP contribution in [0.3, 0.4) is 0 Å². The van der Waals surface area contributed by atoms with Crippen LogP contribution in [0.15, 0.2) is 35.3 Å². The summed E-state index contributed by atoms with van der Waals surface area (Å²) in [6, 6.07) is 8.17. The monoisotopic (exact) mass is 356 g/mol. The molecule has 1 aromatic carbocycles. The van der Waals surface area contributed by atoms with Crippen LogP contribution in [-0.2, 0) is 4.79 Å². The summed E-state index contributed by atoms with van der Waals surface area (Å²) in [5, 5.41) is 3.22. The van der Waals surface area contributed by atoms with E-state index in [1.165, 1.54) is 11.1 Å². The van der Waals surface area contributed by atoms with Gasteiger partial charge >= 0.3 is 0 Å². The van der Waals surface area contributed by atoms with Crippen LogP contribution in [0.1, 0.15) is 24.8 Å². The van der Waals surface area contributed by atoms with E-state index in [9.17, 15) is 4.79 Å². The normalized spacial score (nSPS) is 17.9. The van der Waals surface area contributed by atoms with Crippen LogP contribution in [-0.4, -0.2) is 68.5 Å². The van der Waals surface area contributed by atoms with Gasteiger partial charge in [-0.15, -0.1) is 0 Å². The summed E-state index contributed by atoms with van der Waals surface area (Å²) in [7, 11) is 3.46. The third-order valence-electron chi connectivity index (χ3n) is 5.02. The van der Waals surface area contributed by atoms with Crippen molar-refractivity contribution in [2.24, 2.45) is 4.99 Å². The summed E-state index contributed by atoms with van der Waals surface area (Å²) >= 11 is 0. The van der Waals surface area contributed by atoms with Crippen molar-refractivity contribution in [1.29, 1.82) is 0 Å². The molecule has 0 bridgehead atoms. The fourth-order valence-corrected chi connectivity index (χ4v) is 3.51. The van der Waals surface area contributed by atoms with Crippen molar-refractivity contribution >= 4 is 17.4 Å². The van der Waals surface area contributed by atoms with Crippen LogP contribution >= 0.6 is 0 Å². The summed E-state index contributed by atoms with van der Waals surface area (Å²) in [4.78, 5) is 20.7. The first-order chi connectivity index (χ1) is 12.7. The van der Waals surface area contributed by atoms with Gasteiger partial charge in [-0.05, 0) is 42.5 Å². The molecule has 1 N–H and O–H groups in total. The number of guanidine groups is 1. The molecule has 0 spiro atoms. The van der Waals surface area contributed by atoms with Gasteiger partial charge in [-0.3, -0.25) is 9.79 Å². The van der Waals surface area contributed by atoms with Crippen molar-refractivity contribution in [3.05, 3.63) is 35.9 Å². The summed E-state index contributed by atoms with van der Waals surface area (Å²) < 4.78 is 5.32. The van der Waals surface area contributed by atoms with Crippen LogP contribution in [0.5, 0.6) is 5.75 Å². The average molecular weight is 356 g/mol. The smallest absolute Gasteiger partial charge is 0.241 e. The Morgan fingerprint density at radius 2 is 2.04 bits per heavy atom. The van der Waals surface area contributed by atoms with Gasteiger partial charge in [0, 0.05) is 33.2 Å². The molecule has 2 aliphatic heterocycles. The van der Waals surface area contributed by atoms with E-state index in [4.69, 9.17) is 4.74 Å². The fraction of sp³-hybridized carbons (Fsp3) is 0.500. The quantitative estimate of drug-likeness (QED) is 0.662. The predicted octanol–water partition coefficient (Wildman–Crippen LogP) is 1.98. The third kappa shape index (κ3) is 4.36. The molecule has 0 unspecified atom stereocenters. The predicted molar refractivity (Wildman–Crippen MR) is 104 cm³/mol. The molecule has 140 valence electrons. The number of hydrogen-bond acceptors (Lipinski definition) is 3. The number of methoxy groups -OCH3 is 1. The lowest BCUT2D eigenvalue weighted by atomic mass is 9.99. The van der Waals surface area contributed by atoms with Gasteiger partial charge in [0.1, 0.15) is 5.75 Å². The number of amides is 1. The zero-order valence-corrected chi connectivity index (χ0v) is 15.7. The minimum absolute atomic E-state index is 0.160.